The number of carbonyl (C=O) groups is 1. The smallest absolute Gasteiger partial charge is 0.248 e. The van der Waals surface area contributed by atoms with Crippen LogP contribution in [-0.4, -0.2) is 13.2 Å². The molecule has 77 valence electrons. The van der Waals surface area contributed by atoms with Crippen molar-refractivity contribution < 1.29 is 4.79 Å². The second-order valence-corrected chi connectivity index (χ2v) is 3.54. The molecule has 2 nitrogen and oxygen atoms in total. The first-order valence-corrected chi connectivity index (χ1v) is 5.05. The molecule has 0 fully saturated rings. The van der Waals surface area contributed by atoms with E-state index in [-0.39, 0.29) is 0 Å². The predicted octanol–water partition coefficient (Wildman–Crippen LogP) is 0.440. The molecule has 2 N–H and O–H groups in total. The normalized spacial score (nSPS) is 9.75. The molecule has 2 aromatic rings. The lowest BCUT2D eigenvalue weighted by Gasteiger charge is -2.01. The molecule has 0 aliphatic rings. The predicted molar refractivity (Wildman–Crippen MR) is 66.4 cm³/mol. The number of rotatable bonds is 3. The van der Waals surface area contributed by atoms with E-state index >= 15 is 0 Å². The maximum atomic E-state index is 10.9. The van der Waals surface area contributed by atoms with Gasteiger partial charge in [0, 0.05) is 5.56 Å². The molecule has 3 heteroatoms. The van der Waals surface area contributed by atoms with Gasteiger partial charge in [0.25, 0.3) is 0 Å². The van der Waals surface area contributed by atoms with Gasteiger partial charge in [-0.05, 0) is 0 Å². The van der Waals surface area contributed by atoms with E-state index in [0.717, 1.165) is 10.9 Å². The average Bonchev–Trinajstić information content (AvgIpc) is 2.31. The molecule has 0 heterocycles. The van der Waals surface area contributed by atoms with Crippen LogP contribution in [0.25, 0.3) is 0 Å². The maximum absolute atomic E-state index is 10.9. The molecule has 2 aromatic carbocycles. The average molecular weight is 208 g/mol. The van der Waals surface area contributed by atoms with Crippen LogP contribution in [0, 0.1) is 0 Å². The summed E-state index contributed by atoms with van der Waals surface area (Å²) in [6.45, 7) is 0. The number of hydrogen-bond acceptors (Lipinski definition) is 1. The highest BCUT2D eigenvalue weighted by atomic mass is 16.1. The van der Waals surface area contributed by atoms with Crippen LogP contribution in [0.2, 0.25) is 0 Å². The summed E-state index contributed by atoms with van der Waals surface area (Å²) in [5.74, 6) is -0.397. The van der Waals surface area contributed by atoms with E-state index in [4.69, 9.17) is 5.73 Å². The minimum Gasteiger partial charge on any atom is -0.366 e. The molecule has 0 saturated carbocycles. The van der Waals surface area contributed by atoms with Crippen molar-refractivity contribution in [3.8, 4) is 0 Å². The van der Waals surface area contributed by atoms with Crippen molar-refractivity contribution in [2.75, 3.05) is 0 Å². The summed E-state index contributed by atoms with van der Waals surface area (Å²) in [6, 6.07) is 17.2. The van der Waals surface area contributed by atoms with Gasteiger partial charge in [-0.2, -0.15) is 0 Å². The van der Waals surface area contributed by atoms with Crippen molar-refractivity contribution in [3.05, 3.63) is 60.2 Å². The third-order valence-electron chi connectivity index (χ3n) is 2.33. The van der Waals surface area contributed by atoms with E-state index in [1.165, 1.54) is 0 Å². The Hall–Kier alpha value is -2.03. The van der Waals surface area contributed by atoms with Gasteiger partial charge in [-0.3, -0.25) is 4.79 Å². The van der Waals surface area contributed by atoms with Gasteiger partial charge in [0.2, 0.25) is 5.91 Å². The van der Waals surface area contributed by atoms with Crippen LogP contribution >= 0.6 is 0 Å². The molecule has 0 atom stereocenters. The fourth-order valence-corrected chi connectivity index (χ4v) is 1.49. The summed E-state index contributed by atoms with van der Waals surface area (Å²) in [6.07, 6.45) is 0. The molecule has 1 radical (unpaired) electrons. The number of amides is 1. The Balaban J connectivity index is 2.14. The molecular weight excluding hydrogens is 197 g/mol. The molecule has 0 spiro atoms. The number of carbonyl (C=O) groups excluding carboxylic acids is 1. The molecule has 0 bridgehead atoms. The van der Waals surface area contributed by atoms with Crippen LogP contribution < -0.4 is 16.7 Å². The van der Waals surface area contributed by atoms with Gasteiger partial charge >= 0.3 is 0 Å². The van der Waals surface area contributed by atoms with Gasteiger partial charge in [-0.1, -0.05) is 65.5 Å². The quantitative estimate of drug-likeness (QED) is 0.730. The van der Waals surface area contributed by atoms with Gasteiger partial charge in [0.15, 0.2) is 7.28 Å². The van der Waals surface area contributed by atoms with Crippen LogP contribution in [-0.2, 0) is 0 Å². The van der Waals surface area contributed by atoms with Gasteiger partial charge < -0.3 is 5.73 Å². The summed E-state index contributed by atoms with van der Waals surface area (Å²) in [4.78, 5) is 10.9. The SMILES string of the molecule is NC(=O)c1ccc([B]c2ccccc2)cc1. The minimum atomic E-state index is -0.397. The van der Waals surface area contributed by atoms with Crippen molar-refractivity contribution in [1.29, 1.82) is 0 Å². The minimum absolute atomic E-state index is 0.397. The van der Waals surface area contributed by atoms with Crippen molar-refractivity contribution >= 4 is 24.1 Å². The lowest BCUT2D eigenvalue weighted by Crippen LogP contribution is -2.27. The maximum Gasteiger partial charge on any atom is 0.248 e. The Morgan fingerprint density at radius 1 is 0.875 bits per heavy atom. The van der Waals surface area contributed by atoms with Crippen LogP contribution in [0.1, 0.15) is 10.4 Å². The molecule has 0 unspecified atom stereocenters. The zero-order valence-electron chi connectivity index (χ0n) is 8.76. The van der Waals surface area contributed by atoms with Crippen LogP contribution in [0.15, 0.2) is 54.6 Å². The van der Waals surface area contributed by atoms with Crippen LogP contribution in [0.5, 0.6) is 0 Å². The van der Waals surface area contributed by atoms with E-state index in [0.29, 0.717) is 5.56 Å². The number of nitrogens with two attached hydrogens (primary N) is 1. The number of primary amides is 1. The first-order valence-electron chi connectivity index (χ1n) is 5.05. The third-order valence-corrected chi connectivity index (χ3v) is 2.33. The first-order chi connectivity index (χ1) is 7.75. The highest BCUT2D eigenvalue weighted by Gasteiger charge is 2.01. The zero-order chi connectivity index (χ0) is 11.4. The summed E-state index contributed by atoms with van der Waals surface area (Å²) in [5.41, 5.74) is 7.89. The topological polar surface area (TPSA) is 43.1 Å². The highest BCUT2D eigenvalue weighted by molar-refractivity contribution is 6.67. The summed E-state index contributed by atoms with van der Waals surface area (Å²) >= 11 is 0. The third kappa shape index (κ3) is 2.51. The second kappa shape index (κ2) is 4.66. The fraction of sp³-hybridized carbons (Fsp3) is 0. The van der Waals surface area contributed by atoms with E-state index in [1.54, 1.807) is 12.1 Å². The largest absolute Gasteiger partial charge is 0.366 e. The molecule has 0 aliphatic heterocycles. The lowest BCUT2D eigenvalue weighted by molar-refractivity contribution is 0.100. The second-order valence-electron chi connectivity index (χ2n) is 3.54. The fourth-order valence-electron chi connectivity index (χ4n) is 1.49. The van der Waals surface area contributed by atoms with Crippen LogP contribution in [0.4, 0.5) is 0 Å². The lowest BCUT2D eigenvalue weighted by atomic mass is 9.64. The van der Waals surface area contributed by atoms with Gasteiger partial charge in [0.1, 0.15) is 0 Å². The molecule has 0 saturated heterocycles. The standard InChI is InChI=1S/C13H11BNO/c15-13(16)10-6-8-12(9-7-10)14-11-4-2-1-3-5-11/h1-9H,(H2,15,16). The number of hydrogen-bond donors (Lipinski definition) is 1. The molecule has 0 aromatic heterocycles. The van der Waals surface area contributed by atoms with Crippen molar-refractivity contribution in [1.82, 2.24) is 0 Å². The molecule has 1 amide bonds. The molecule has 16 heavy (non-hydrogen) atoms. The van der Waals surface area contributed by atoms with Crippen molar-refractivity contribution in [3.63, 3.8) is 0 Å². The summed E-state index contributed by atoms with van der Waals surface area (Å²) < 4.78 is 0. The molecular formula is C13H11BNO. The van der Waals surface area contributed by atoms with E-state index in [2.05, 4.69) is 0 Å². The Kier molecular flexibility index (Phi) is 3.06. The van der Waals surface area contributed by atoms with Gasteiger partial charge in [0.05, 0.1) is 0 Å². The van der Waals surface area contributed by atoms with Gasteiger partial charge in [-0.25, -0.2) is 0 Å². The van der Waals surface area contributed by atoms with Crippen molar-refractivity contribution in [2.24, 2.45) is 5.73 Å². The van der Waals surface area contributed by atoms with E-state index < -0.39 is 5.91 Å². The Morgan fingerprint density at radius 3 is 2.00 bits per heavy atom. The summed E-state index contributed by atoms with van der Waals surface area (Å²) in [5, 5.41) is 0. The summed E-state index contributed by atoms with van der Waals surface area (Å²) in [7, 11) is 2.05. The Labute approximate surface area is 95.3 Å². The van der Waals surface area contributed by atoms with Crippen LogP contribution in [0.3, 0.4) is 0 Å². The first kappa shape index (κ1) is 10.5. The monoisotopic (exact) mass is 208 g/mol. The Morgan fingerprint density at radius 2 is 1.44 bits per heavy atom. The molecule has 0 aliphatic carbocycles. The Bertz CT molecular complexity index is 479. The highest BCUT2D eigenvalue weighted by Crippen LogP contribution is 1.94. The van der Waals surface area contributed by atoms with Crippen molar-refractivity contribution in [2.45, 2.75) is 0 Å². The van der Waals surface area contributed by atoms with Gasteiger partial charge in [-0.15, -0.1) is 0 Å². The molecule has 2 rings (SSSR count). The van der Waals surface area contributed by atoms with E-state index in [9.17, 15) is 4.79 Å². The number of benzene rings is 2. The zero-order valence-corrected chi connectivity index (χ0v) is 8.76. The van der Waals surface area contributed by atoms with E-state index in [1.807, 2.05) is 49.7 Å².